The summed E-state index contributed by atoms with van der Waals surface area (Å²) in [6, 6.07) is 4.79. The maximum atomic E-state index is 13.6. The van der Waals surface area contributed by atoms with Crippen LogP contribution in [0.25, 0.3) is 11.4 Å². The number of halogens is 2. The molecule has 0 aliphatic heterocycles. The Morgan fingerprint density at radius 2 is 2.00 bits per heavy atom. The summed E-state index contributed by atoms with van der Waals surface area (Å²) >= 11 is 3.12. The van der Waals surface area contributed by atoms with Gasteiger partial charge in [-0.2, -0.15) is 0 Å². The Hall–Kier alpha value is -1.27. The number of aromatic nitrogens is 3. The van der Waals surface area contributed by atoms with Crippen molar-refractivity contribution in [2.24, 2.45) is 0 Å². The van der Waals surface area contributed by atoms with Gasteiger partial charge in [0.1, 0.15) is 12.4 Å². The monoisotopic (exact) mass is 327 g/mol. The molecule has 2 aromatic rings. The van der Waals surface area contributed by atoms with Gasteiger partial charge in [0.2, 0.25) is 0 Å². The largest absolute Gasteiger partial charge is 0.388 e. The molecule has 0 saturated carbocycles. The molecule has 1 aromatic carbocycles. The number of aliphatic hydroxyl groups is 1. The van der Waals surface area contributed by atoms with E-state index in [1.165, 1.54) is 6.07 Å². The summed E-state index contributed by atoms with van der Waals surface area (Å²) in [5.74, 6) is 0.653. The molecule has 4 nitrogen and oxygen atoms in total. The van der Waals surface area contributed by atoms with E-state index in [1.807, 2.05) is 25.3 Å². The van der Waals surface area contributed by atoms with Crippen molar-refractivity contribution in [3.8, 4) is 11.4 Å². The predicted molar refractivity (Wildman–Crippen MR) is 74.0 cm³/mol. The van der Waals surface area contributed by atoms with Crippen molar-refractivity contribution in [2.75, 3.05) is 0 Å². The van der Waals surface area contributed by atoms with Crippen molar-refractivity contribution in [3.63, 3.8) is 0 Å². The molecule has 0 bridgehead atoms. The van der Waals surface area contributed by atoms with Crippen LogP contribution in [-0.4, -0.2) is 19.9 Å². The first-order valence-corrected chi connectivity index (χ1v) is 6.65. The molecule has 0 aliphatic rings. The van der Waals surface area contributed by atoms with Gasteiger partial charge in [-0.05, 0) is 54.9 Å². The molecule has 6 heteroatoms. The van der Waals surface area contributed by atoms with E-state index in [-0.39, 0.29) is 18.0 Å². The Labute approximate surface area is 119 Å². The molecule has 1 heterocycles. The van der Waals surface area contributed by atoms with Crippen molar-refractivity contribution in [1.29, 1.82) is 0 Å². The van der Waals surface area contributed by atoms with Crippen LogP contribution in [0.3, 0.4) is 0 Å². The summed E-state index contributed by atoms with van der Waals surface area (Å²) in [5.41, 5.74) is 0.323. The molecule has 0 unspecified atom stereocenters. The second-order valence-corrected chi connectivity index (χ2v) is 6.09. The molecule has 0 aliphatic carbocycles. The minimum absolute atomic E-state index is 0.205. The van der Waals surface area contributed by atoms with E-state index in [0.29, 0.717) is 21.7 Å². The highest BCUT2D eigenvalue weighted by atomic mass is 79.9. The van der Waals surface area contributed by atoms with Gasteiger partial charge in [0.15, 0.2) is 11.6 Å². The van der Waals surface area contributed by atoms with Crippen LogP contribution in [0.15, 0.2) is 22.7 Å². The summed E-state index contributed by atoms with van der Waals surface area (Å²) in [6.07, 6.45) is 0. The van der Waals surface area contributed by atoms with Gasteiger partial charge in [-0.25, -0.2) is 4.39 Å². The average molecular weight is 328 g/mol. The standard InChI is InChI=1S/C13H15BrFN3O/c1-13(2,3)18-11(7-19)16-17-12(18)8-4-5-9(14)10(15)6-8/h4-6,19H,7H2,1-3H3. The van der Waals surface area contributed by atoms with E-state index in [0.717, 1.165) is 0 Å². The number of nitrogens with zero attached hydrogens (tertiary/aromatic N) is 3. The number of hydrogen-bond acceptors (Lipinski definition) is 3. The molecule has 0 fully saturated rings. The highest BCUT2D eigenvalue weighted by molar-refractivity contribution is 9.10. The second kappa shape index (κ2) is 5.02. The first-order chi connectivity index (χ1) is 8.84. The number of aliphatic hydroxyl groups excluding tert-OH is 1. The number of hydrogen-bond donors (Lipinski definition) is 1. The summed E-state index contributed by atoms with van der Waals surface area (Å²) in [6.45, 7) is 5.74. The first kappa shape index (κ1) is 14.1. The molecule has 1 aromatic heterocycles. The summed E-state index contributed by atoms with van der Waals surface area (Å²) < 4.78 is 15.8. The quantitative estimate of drug-likeness (QED) is 0.922. The van der Waals surface area contributed by atoms with Crippen molar-refractivity contribution in [3.05, 3.63) is 34.3 Å². The third kappa shape index (κ3) is 2.69. The van der Waals surface area contributed by atoms with Crippen molar-refractivity contribution >= 4 is 15.9 Å². The maximum Gasteiger partial charge on any atom is 0.164 e. The van der Waals surface area contributed by atoms with Gasteiger partial charge in [0, 0.05) is 11.1 Å². The summed E-state index contributed by atoms with van der Waals surface area (Å²) in [5, 5.41) is 17.4. The van der Waals surface area contributed by atoms with Crippen LogP contribution in [0.2, 0.25) is 0 Å². The van der Waals surface area contributed by atoms with Gasteiger partial charge in [0.05, 0.1) is 4.47 Å². The normalized spacial score (nSPS) is 11.9. The van der Waals surface area contributed by atoms with Crippen LogP contribution < -0.4 is 0 Å². The molecule has 0 atom stereocenters. The van der Waals surface area contributed by atoms with E-state index < -0.39 is 0 Å². The Bertz CT molecular complexity index is 604. The molecule has 0 saturated heterocycles. The van der Waals surface area contributed by atoms with Crippen LogP contribution in [0.1, 0.15) is 26.6 Å². The fraction of sp³-hybridized carbons (Fsp3) is 0.385. The Morgan fingerprint density at radius 1 is 1.32 bits per heavy atom. The first-order valence-electron chi connectivity index (χ1n) is 5.85. The summed E-state index contributed by atoms with van der Waals surface area (Å²) in [7, 11) is 0. The fourth-order valence-electron chi connectivity index (χ4n) is 1.95. The minimum Gasteiger partial charge on any atom is -0.388 e. The van der Waals surface area contributed by atoms with Gasteiger partial charge in [0.25, 0.3) is 0 Å². The molecular weight excluding hydrogens is 313 g/mol. The molecule has 19 heavy (non-hydrogen) atoms. The third-order valence-corrected chi connectivity index (χ3v) is 3.36. The smallest absolute Gasteiger partial charge is 0.164 e. The topological polar surface area (TPSA) is 50.9 Å². The van der Waals surface area contributed by atoms with Crippen LogP contribution in [0.4, 0.5) is 4.39 Å². The van der Waals surface area contributed by atoms with Crippen LogP contribution in [0.5, 0.6) is 0 Å². The van der Waals surface area contributed by atoms with Crippen molar-refractivity contribution in [2.45, 2.75) is 32.9 Å². The van der Waals surface area contributed by atoms with Crippen LogP contribution in [0, 0.1) is 5.82 Å². The molecule has 0 radical (unpaired) electrons. The van der Waals surface area contributed by atoms with E-state index in [2.05, 4.69) is 26.1 Å². The van der Waals surface area contributed by atoms with Crippen LogP contribution in [-0.2, 0) is 12.1 Å². The molecule has 2 rings (SSSR count). The van der Waals surface area contributed by atoms with Crippen molar-refractivity contribution in [1.82, 2.24) is 14.8 Å². The van der Waals surface area contributed by atoms with E-state index in [9.17, 15) is 9.50 Å². The van der Waals surface area contributed by atoms with E-state index >= 15 is 0 Å². The molecule has 0 amide bonds. The second-order valence-electron chi connectivity index (χ2n) is 5.23. The Morgan fingerprint density at radius 3 is 2.53 bits per heavy atom. The average Bonchev–Trinajstić information content (AvgIpc) is 2.76. The van der Waals surface area contributed by atoms with Crippen LogP contribution >= 0.6 is 15.9 Å². The lowest BCUT2D eigenvalue weighted by molar-refractivity contribution is 0.250. The molecule has 0 spiro atoms. The Balaban J connectivity index is 2.62. The minimum atomic E-state index is -0.355. The molecular formula is C13H15BrFN3O. The van der Waals surface area contributed by atoms with Gasteiger partial charge in [-0.3, -0.25) is 0 Å². The van der Waals surface area contributed by atoms with Gasteiger partial charge in [-0.15, -0.1) is 10.2 Å². The van der Waals surface area contributed by atoms with E-state index in [4.69, 9.17) is 0 Å². The lowest BCUT2D eigenvalue weighted by Crippen LogP contribution is -2.25. The Kier molecular flexibility index (Phi) is 3.73. The number of rotatable bonds is 2. The lowest BCUT2D eigenvalue weighted by Gasteiger charge is -2.24. The highest BCUT2D eigenvalue weighted by Gasteiger charge is 2.23. The van der Waals surface area contributed by atoms with Crippen molar-refractivity contribution < 1.29 is 9.50 Å². The highest BCUT2D eigenvalue weighted by Crippen LogP contribution is 2.28. The fourth-order valence-corrected chi connectivity index (χ4v) is 2.19. The van der Waals surface area contributed by atoms with Gasteiger partial charge < -0.3 is 9.67 Å². The predicted octanol–water partition coefficient (Wildman–Crippen LogP) is 3.09. The van der Waals surface area contributed by atoms with E-state index in [1.54, 1.807) is 12.1 Å². The zero-order valence-corrected chi connectivity index (χ0v) is 12.6. The third-order valence-electron chi connectivity index (χ3n) is 2.72. The lowest BCUT2D eigenvalue weighted by atomic mass is 10.1. The number of benzene rings is 1. The zero-order valence-electron chi connectivity index (χ0n) is 11.0. The van der Waals surface area contributed by atoms with Gasteiger partial charge >= 0.3 is 0 Å². The SMILES string of the molecule is CC(C)(C)n1c(CO)nnc1-c1ccc(Br)c(F)c1. The maximum absolute atomic E-state index is 13.6. The molecule has 1 N–H and O–H groups in total. The summed E-state index contributed by atoms with van der Waals surface area (Å²) in [4.78, 5) is 0. The molecule has 102 valence electrons. The zero-order chi connectivity index (χ0) is 14.2. The van der Waals surface area contributed by atoms with Gasteiger partial charge in [-0.1, -0.05) is 0 Å².